The smallest absolute Gasteiger partial charge is 0.223 e. The zero-order valence-corrected chi connectivity index (χ0v) is 20.4. The maximum atomic E-state index is 12.8. The van der Waals surface area contributed by atoms with Gasteiger partial charge in [-0.15, -0.1) is 0 Å². The molecule has 5 nitrogen and oxygen atoms in total. The Morgan fingerprint density at radius 2 is 1.78 bits per heavy atom. The van der Waals surface area contributed by atoms with E-state index in [2.05, 4.69) is 23.5 Å². The fraction of sp³-hybridized carbons (Fsp3) is 0.458. The molecule has 0 bridgehead atoms. The number of hydrogen-bond donors (Lipinski definition) is 1. The zero-order chi connectivity index (χ0) is 22.9. The Kier molecular flexibility index (Phi) is 7.15. The van der Waals surface area contributed by atoms with Crippen LogP contribution < -0.4 is 5.32 Å². The van der Waals surface area contributed by atoms with Crippen molar-refractivity contribution < 1.29 is 13.2 Å². The van der Waals surface area contributed by atoms with Gasteiger partial charge in [0, 0.05) is 19.0 Å². The van der Waals surface area contributed by atoms with Gasteiger partial charge in [0.25, 0.3) is 0 Å². The van der Waals surface area contributed by atoms with Crippen molar-refractivity contribution in [3.63, 3.8) is 0 Å². The van der Waals surface area contributed by atoms with Crippen LogP contribution in [0.3, 0.4) is 0 Å². The number of rotatable bonds is 6. The molecular formula is C24H28Cl2N2O3S. The van der Waals surface area contributed by atoms with Gasteiger partial charge in [0.2, 0.25) is 15.9 Å². The maximum Gasteiger partial charge on any atom is 0.223 e. The molecule has 2 aromatic rings. The summed E-state index contributed by atoms with van der Waals surface area (Å²) in [5, 5.41) is 3.86. The summed E-state index contributed by atoms with van der Waals surface area (Å²) >= 11 is 11.9. The van der Waals surface area contributed by atoms with E-state index < -0.39 is 10.0 Å². The predicted molar refractivity (Wildman–Crippen MR) is 128 cm³/mol. The number of carbonyl (C=O) groups excluding carboxylic acids is 1. The monoisotopic (exact) mass is 494 g/mol. The second-order valence-corrected chi connectivity index (χ2v) is 11.6. The lowest BCUT2D eigenvalue weighted by Crippen LogP contribution is -2.43. The summed E-state index contributed by atoms with van der Waals surface area (Å²) in [6.07, 6.45) is 4.49. The molecule has 4 rings (SSSR count). The third-order valence-corrected chi connectivity index (χ3v) is 9.12. The Morgan fingerprint density at radius 1 is 1.06 bits per heavy atom. The first kappa shape index (κ1) is 23.6. The number of nitrogens with one attached hydrogen (secondary N) is 1. The molecular weight excluding hydrogens is 467 g/mol. The van der Waals surface area contributed by atoms with Gasteiger partial charge in [-0.3, -0.25) is 4.79 Å². The molecule has 1 heterocycles. The highest BCUT2D eigenvalue weighted by Crippen LogP contribution is 2.28. The molecule has 1 N–H and O–H groups in total. The molecule has 1 aliphatic carbocycles. The number of amides is 1. The molecule has 8 heteroatoms. The number of piperidine rings is 1. The first-order valence-corrected chi connectivity index (χ1v) is 13.4. The fourth-order valence-corrected chi connectivity index (χ4v) is 6.47. The van der Waals surface area contributed by atoms with Crippen molar-refractivity contribution in [2.24, 2.45) is 5.92 Å². The maximum absolute atomic E-state index is 12.8. The molecule has 172 valence electrons. The van der Waals surface area contributed by atoms with Gasteiger partial charge in [-0.2, -0.15) is 0 Å². The minimum atomic E-state index is -3.49. The van der Waals surface area contributed by atoms with E-state index in [-0.39, 0.29) is 23.6 Å². The van der Waals surface area contributed by atoms with E-state index in [4.69, 9.17) is 23.2 Å². The van der Waals surface area contributed by atoms with E-state index in [1.54, 1.807) is 18.2 Å². The summed E-state index contributed by atoms with van der Waals surface area (Å²) in [5.74, 6) is -0.307. The van der Waals surface area contributed by atoms with Crippen molar-refractivity contribution >= 4 is 39.1 Å². The summed E-state index contributed by atoms with van der Waals surface area (Å²) in [7, 11) is -3.49. The van der Waals surface area contributed by atoms with Crippen molar-refractivity contribution in [3.05, 3.63) is 68.7 Å². The number of benzene rings is 2. The Morgan fingerprint density at radius 3 is 2.50 bits per heavy atom. The minimum Gasteiger partial charge on any atom is -0.349 e. The third kappa shape index (κ3) is 5.30. The van der Waals surface area contributed by atoms with Crippen LogP contribution >= 0.6 is 23.2 Å². The molecule has 0 spiro atoms. The molecule has 2 aliphatic rings. The highest BCUT2D eigenvalue weighted by molar-refractivity contribution is 7.88. The average molecular weight is 495 g/mol. The van der Waals surface area contributed by atoms with Crippen LogP contribution in [0.4, 0.5) is 0 Å². The van der Waals surface area contributed by atoms with Crippen LogP contribution in [0.25, 0.3) is 0 Å². The first-order valence-electron chi connectivity index (χ1n) is 11.1. The molecule has 1 saturated heterocycles. The lowest BCUT2D eigenvalue weighted by atomic mass is 9.96. The van der Waals surface area contributed by atoms with Gasteiger partial charge in [-0.25, -0.2) is 12.7 Å². The Bertz CT molecular complexity index is 1110. The fourth-order valence-electron chi connectivity index (χ4n) is 4.60. The van der Waals surface area contributed by atoms with Crippen LogP contribution in [0, 0.1) is 5.92 Å². The molecule has 2 aromatic carbocycles. The SMILES string of the molecule is C[C@H](NC(=O)C1CCN(S(=O)(=O)Cc2ccc(Cl)c(Cl)c2)CC1)c1ccc2c(c1)CCC2. The summed E-state index contributed by atoms with van der Waals surface area (Å²) in [5.41, 5.74) is 4.54. The van der Waals surface area contributed by atoms with Crippen LogP contribution in [0.1, 0.15) is 54.5 Å². The van der Waals surface area contributed by atoms with E-state index in [0.29, 0.717) is 41.5 Å². The lowest BCUT2D eigenvalue weighted by Gasteiger charge is -2.31. The van der Waals surface area contributed by atoms with Crippen molar-refractivity contribution in [2.45, 2.75) is 50.8 Å². The second-order valence-electron chi connectivity index (χ2n) is 8.79. The summed E-state index contributed by atoms with van der Waals surface area (Å²) in [6, 6.07) is 11.3. The van der Waals surface area contributed by atoms with E-state index >= 15 is 0 Å². The molecule has 0 unspecified atom stereocenters. The number of nitrogens with zero attached hydrogens (tertiary/aromatic N) is 1. The second kappa shape index (κ2) is 9.72. The van der Waals surface area contributed by atoms with Crippen LogP contribution in [0.15, 0.2) is 36.4 Å². The number of aryl methyl sites for hydroxylation is 2. The van der Waals surface area contributed by atoms with E-state index in [1.807, 2.05) is 6.92 Å². The normalized spacial score (nSPS) is 18.3. The molecule has 1 aliphatic heterocycles. The van der Waals surface area contributed by atoms with Gasteiger partial charge in [0.1, 0.15) is 0 Å². The number of sulfonamides is 1. The van der Waals surface area contributed by atoms with Gasteiger partial charge in [-0.1, -0.05) is 47.5 Å². The van der Waals surface area contributed by atoms with Crippen LogP contribution in [0.5, 0.6) is 0 Å². The predicted octanol–water partition coefficient (Wildman–Crippen LogP) is 4.90. The van der Waals surface area contributed by atoms with Crippen molar-refractivity contribution in [1.29, 1.82) is 0 Å². The number of hydrogen-bond acceptors (Lipinski definition) is 3. The molecule has 1 fully saturated rings. The summed E-state index contributed by atoms with van der Waals surface area (Å²) < 4.78 is 27.1. The highest BCUT2D eigenvalue weighted by Gasteiger charge is 2.31. The van der Waals surface area contributed by atoms with Gasteiger partial charge in [0.15, 0.2) is 0 Å². The molecule has 0 aromatic heterocycles. The van der Waals surface area contributed by atoms with E-state index in [9.17, 15) is 13.2 Å². The lowest BCUT2D eigenvalue weighted by molar-refractivity contribution is -0.126. The highest BCUT2D eigenvalue weighted by atomic mass is 35.5. The zero-order valence-electron chi connectivity index (χ0n) is 18.1. The van der Waals surface area contributed by atoms with Crippen LogP contribution in [0.2, 0.25) is 10.0 Å². The largest absolute Gasteiger partial charge is 0.349 e. The summed E-state index contributed by atoms with van der Waals surface area (Å²) in [4.78, 5) is 12.8. The van der Waals surface area contributed by atoms with Gasteiger partial charge < -0.3 is 5.32 Å². The average Bonchev–Trinajstić information content (AvgIpc) is 3.24. The van der Waals surface area contributed by atoms with Gasteiger partial charge >= 0.3 is 0 Å². The molecule has 0 radical (unpaired) electrons. The number of fused-ring (bicyclic) bond motifs is 1. The third-order valence-electron chi connectivity index (χ3n) is 6.53. The van der Waals surface area contributed by atoms with Crippen LogP contribution in [-0.2, 0) is 33.4 Å². The van der Waals surface area contributed by atoms with Crippen molar-refractivity contribution in [2.75, 3.05) is 13.1 Å². The molecule has 0 saturated carbocycles. The van der Waals surface area contributed by atoms with Gasteiger partial charge in [-0.05, 0) is 73.4 Å². The Hall–Kier alpha value is -1.60. The molecule has 32 heavy (non-hydrogen) atoms. The van der Waals surface area contributed by atoms with Crippen molar-refractivity contribution in [1.82, 2.24) is 9.62 Å². The minimum absolute atomic E-state index is 0.000436. The van der Waals surface area contributed by atoms with Gasteiger partial charge in [0.05, 0.1) is 21.8 Å². The number of carbonyl (C=O) groups is 1. The van der Waals surface area contributed by atoms with Crippen molar-refractivity contribution in [3.8, 4) is 0 Å². The molecule has 1 amide bonds. The Balaban J connectivity index is 1.31. The first-order chi connectivity index (χ1) is 15.2. The molecule has 1 atom stereocenters. The topological polar surface area (TPSA) is 66.5 Å². The summed E-state index contributed by atoms with van der Waals surface area (Å²) in [6.45, 7) is 2.69. The quantitative estimate of drug-likeness (QED) is 0.620. The van der Waals surface area contributed by atoms with Crippen LogP contribution in [-0.4, -0.2) is 31.7 Å². The number of halogens is 2. The van der Waals surface area contributed by atoms with E-state index in [0.717, 1.165) is 18.4 Å². The van der Waals surface area contributed by atoms with E-state index in [1.165, 1.54) is 21.9 Å². The standard InChI is InChI=1S/C24H28Cl2N2O3S/c1-16(20-7-6-18-3-2-4-21(18)14-20)27-24(29)19-9-11-28(12-10-19)32(30,31)15-17-5-8-22(25)23(26)13-17/h5-8,13-14,16,19H,2-4,9-12,15H2,1H3,(H,27,29)/t16-/m0/s1. The Labute approximate surface area is 200 Å².